The average molecular weight is 595 g/mol. The van der Waals surface area contributed by atoms with Crippen LogP contribution in [-0.4, -0.2) is 28.3 Å². The van der Waals surface area contributed by atoms with Gasteiger partial charge in [-0.1, -0.05) is 62.2 Å². The van der Waals surface area contributed by atoms with Crippen LogP contribution < -0.4 is 15.7 Å². The SMILES string of the molecule is Cc1cc(=O)oc2c(C)c(OC(=O)[C@H](C)NC(=O)OCc3ccccc3)c(C[C@@H](Br)CBr)cc12. The van der Waals surface area contributed by atoms with Gasteiger partial charge in [-0.2, -0.15) is 0 Å². The molecule has 0 spiro atoms. The van der Waals surface area contributed by atoms with Crippen LogP contribution in [0.4, 0.5) is 4.79 Å². The Labute approximate surface area is 214 Å². The third-order valence-electron chi connectivity index (χ3n) is 5.21. The number of aryl methyl sites for hydroxylation is 2. The summed E-state index contributed by atoms with van der Waals surface area (Å²) in [7, 11) is 0. The summed E-state index contributed by atoms with van der Waals surface area (Å²) in [6.45, 7) is 5.16. The van der Waals surface area contributed by atoms with Gasteiger partial charge in [0.25, 0.3) is 0 Å². The third-order valence-corrected chi connectivity index (χ3v) is 7.51. The summed E-state index contributed by atoms with van der Waals surface area (Å²) in [6.07, 6.45) is -0.172. The second-order valence-corrected chi connectivity index (χ2v) is 9.86. The molecule has 2 atom stereocenters. The van der Waals surface area contributed by atoms with Gasteiger partial charge in [0.15, 0.2) is 0 Å². The van der Waals surface area contributed by atoms with Crippen molar-refractivity contribution in [2.24, 2.45) is 0 Å². The van der Waals surface area contributed by atoms with Crippen molar-refractivity contribution in [3.05, 3.63) is 75.1 Å². The van der Waals surface area contributed by atoms with Crippen molar-refractivity contribution < 1.29 is 23.5 Å². The van der Waals surface area contributed by atoms with E-state index in [0.717, 1.165) is 22.1 Å². The van der Waals surface area contributed by atoms with Crippen LogP contribution in [0.2, 0.25) is 0 Å². The first kappa shape index (κ1) is 26.0. The summed E-state index contributed by atoms with van der Waals surface area (Å²) in [5.74, 6) is -0.358. The number of amides is 1. The monoisotopic (exact) mass is 593 g/mol. The lowest BCUT2D eigenvalue weighted by Crippen LogP contribution is -2.41. The fraction of sp³-hybridized carbons (Fsp3) is 0.320. The Balaban J connectivity index is 1.80. The highest BCUT2D eigenvalue weighted by Crippen LogP contribution is 2.34. The molecule has 0 aliphatic rings. The summed E-state index contributed by atoms with van der Waals surface area (Å²) in [6, 6.07) is 11.6. The van der Waals surface area contributed by atoms with Crippen LogP contribution in [0.1, 0.15) is 29.2 Å². The molecule has 0 bridgehead atoms. The molecule has 3 aromatic rings. The molecule has 180 valence electrons. The topological polar surface area (TPSA) is 94.8 Å². The van der Waals surface area contributed by atoms with E-state index in [1.165, 1.54) is 13.0 Å². The van der Waals surface area contributed by atoms with E-state index in [9.17, 15) is 14.4 Å². The van der Waals surface area contributed by atoms with Crippen LogP contribution in [0.5, 0.6) is 5.75 Å². The second kappa shape index (κ2) is 11.7. The largest absolute Gasteiger partial charge is 0.445 e. The normalized spacial score (nSPS) is 12.7. The van der Waals surface area contributed by atoms with Gasteiger partial charge in [-0.15, -0.1) is 0 Å². The van der Waals surface area contributed by atoms with E-state index >= 15 is 0 Å². The van der Waals surface area contributed by atoms with Crippen LogP contribution in [0.15, 0.2) is 51.7 Å². The van der Waals surface area contributed by atoms with E-state index < -0.39 is 23.7 Å². The Morgan fingerprint density at radius 3 is 2.53 bits per heavy atom. The van der Waals surface area contributed by atoms with Crippen LogP contribution >= 0.6 is 31.9 Å². The maximum atomic E-state index is 12.8. The Morgan fingerprint density at radius 1 is 1.15 bits per heavy atom. The molecule has 7 nitrogen and oxygen atoms in total. The number of carbonyl (C=O) groups is 2. The van der Waals surface area contributed by atoms with E-state index in [1.807, 2.05) is 43.3 Å². The standard InChI is InChI=1S/C25H25Br2NO6/c1-14-9-21(29)33-23-15(2)22(18(11-20(14)23)10-19(27)12-26)34-24(30)16(3)28-25(31)32-13-17-7-5-4-6-8-17/h4-9,11,16,19H,10,12-13H2,1-3H3,(H,28,31)/t16-,19+/m0/s1. The van der Waals surface area contributed by atoms with Crippen molar-refractivity contribution in [2.45, 2.75) is 44.7 Å². The molecule has 2 aromatic carbocycles. The number of nitrogens with one attached hydrogen (secondary N) is 1. The summed E-state index contributed by atoms with van der Waals surface area (Å²) in [5.41, 5.74) is 2.80. The lowest BCUT2D eigenvalue weighted by molar-refractivity contribution is -0.136. The zero-order chi connectivity index (χ0) is 24.8. The molecular formula is C25H25Br2NO6. The molecule has 3 rings (SSSR count). The molecule has 1 amide bonds. The summed E-state index contributed by atoms with van der Waals surface area (Å²) in [5, 5.41) is 3.95. The highest BCUT2D eigenvalue weighted by Gasteiger charge is 2.24. The Hall–Kier alpha value is -2.65. The van der Waals surface area contributed by atoms with Crippen molar-refractivity contribution in [1.82, 2.24) is 5.32 Å². The minimum atomic E-state index is -0.966. The molecule has 0 saturated carbocycles. The molecule has 0 radical (unpaired) electrons. The van der Waals surface area contributed by atoms with Crippen molar-refractivity contribution in [1.29, 1.82) is 0 Å². The molecule has 34 heavy (non-hydrogen) atoms. The highest BCUT2D eigenvalue weighted by molar-refractivity contribution is 9.12. The minimum absolute atomic E-state index is 0.0833. The van der Waals surface area contributed by atoms with Crippen LogP contribution in [0.25, 0.3) is 11.0 Å². The van der Waals surface area contributed by atoms with E-state index in [2.05, 4.69) is 37.2 Å². The summed E-state index contributed by atoms with van der Waals surface area (Å²) in [4.78, 5) is 37.0. The molecule has 0 fully saturated rings. The zero-order valence-corrected chi connectivity index (χ0v) is 22.2. The number of halogens is 2. The predicted molar refractivity (Wildman–Crippen MR) is 137 cm³/mol. The van der Waals surface area contributed by atoms with E-state index in [4.69, 9.17) is 13.9 Å². The fourth-order valence-electron chi connectivity index (χ4n) is 3.44. The first-order valence-corrected chi connectivity index (χ1v) is 12.7. The summed E-state index contributed by atoms with van der Waals surface area (Å²) >= 11 is 7.04. The van der Waals surface area contributed by atoms with Crippen molar-refractivity contribution >= 4 is 54.9 Å². The number of carbonyl (C=O) groups excluding carboxylic acids is 2. The number of fused-ring (bicyclic) bond motifs is 1. The molecule has 0 unspecified atom stereocenters. The summed E-state index contributed by atoms with van der Waals surface area (Å²) < 4.78 is 16.3. The maximum absolute atomic E-state index is 12.8. The minimum Gasteiger partial charge on any atom is -0.445 e. The van der Waals surface area contributed by atoms with E-state index in [1.54, 1.807) is 6.92 Å². The van der Waals surface area contributed by atoms with Gasteiger partial charge in [0.05, 0.1) is 0 Å². The van der Waals surface area contributed by atoms with Gasteiger partial charge in [0.1, 0.15) is 24.0 Å². The molecule has 1 heterocycles. The van der Waals surface area contributed by atoms with Crippen molar-refractivity contribution in [2.75, 3.05) is 5.33 Å². The average Bonchev–Trinajstić information content (AvgIpc) is 2.81. The first-order chi connectivity index (χ1) is 16.2. The zero-order valence-electron chi connectivity index (χ0n) is 19.0. The number of hydrogen-bond donors (Lipinski definition) is 1. The lowest BCUT2D eigenvalue weighted by atomic mass is 9.99. The quantitative estimate of drug-likeness (QED) is 0.164. The number of hydrogen-bond acceptors (Lipinski definition) is 6. The Bertz CT molecular complexity index is 1240. The van der Waals surface area contributed by atoms with Crippen LogP contribution in [0, 0.1) is 13.8 Å². The smallest absolute Gasteiger partial charge is 0.408 e. The molecule has 1 aromatic heterocycles. The van der Waals surface area contributed by atoms with Gasteiger partial charge in [-0.3, -0.25) is 0 Å². The van der Waals surface area contributed by atoms with Gasteiger partial charge in [0.2, 0.25) is 0 Å². The maximum Gasteiger partial charge on any atom is 0.408 e. The third kappa shape index (κ3) is 6.48. The second-order valence-electron chi connectivity index (χ2n) is 7.92. The van der Waals surface area contributed by atoms with Gasteiger partial charge >= 0.3 is 17.7 Å². The Kier molecular flexibility index (Phi) is 8.90. The molecule has 0 aliphatic carbocycles. The number of rotatable bonds is 8. The van der Waals surface area contributed by atoms with Gasteiger partial charge in [-0.25, -0.2) is 14.4 Å². The van der Waals surface area contributed by atoms with Crippen molar-refractivity contribution in [3.8, 4) is 5.75 Å². The first-order valence-electron chi connectivity index (χ1n) is 10.7. The molecule has 1 N–H and O–H groups in total. The van der Waals surface area contributed by atoms with Crippen LogP contribution in [-0.2, 0) is 22.6 Å². The predicted octanol–water partition coefficient (Wildman–Crippen LogP) is 5.33. The van der Waals surface area contributed by atoms with E-state index in [0.29, 0.717) is 28.6 Å². The van der Waals surface area contributed by atoms with Gasteiger partial charge in [0, 0.05) is 27.2 Å². The van der Waals surface area contributed by atoms with Gasteiger partial charge in [-0.05, 0) is 49.9 Å². The lowest BCUT2D eigenvalue weighted by Gasteiger charge is -2.19. The highest BCUT2D eigenvalue weighted by atomic mass is 79.9. The van der Waals surface area contributed by atoms with E-state index in [-0.39, 0.29) is 11.4 Å². The molecule has 0 saturated heterocycles. The van der Waals surface area contributed by atoms with Crippen LogP contribution in [0.3, 0.4) is 0 Å². The van der Waals surface area contributed by atoms with Gasteiger partial charge < -0.3 is 19.2 Å². The number of esters is 1. The number of benzene rings is 2. The molecular weight excluding hydrogens is 570 g/mol. The fourth-order valence-corrected chi connectivity index (χ4v) is 4.01. The molecule has 9 heteroatoms. The number of ether oxygens (including phenoxy) is 2. The number of alkyl halides is 2. The van der Waals surface area contributed by atoms with Crippen molar-refractivity contribution in [3.63, 3.8) is 0 Å². The molecule has 0 aliphatic heterocycles. The Morgan fingerprint density at radius 2 is 1.85 bits per heavy atom. The number of alkyl carbamates (subject to hydrolysis) is 1.